The van der Waals surface area contributed by atoms with Crippen LogP contribution >= 0.6 is 12.2 Å². The van der Waals surface area contributed by atoms with Crippen LogP contribution in [-0.2, 0) is 16.0 Å². The summed E-state index contributed by atoms with van der Waals surface area (Å²) in [5.41, 5.74) is 0.802. The molecule has 0 aromatic carbocycles. The topological polar surface area (TPSA) is 112 Å². The van der Waals surface area contributed by atoms with Gasteiger partial charge in [-0.15, -0.1) is 0 Å². The minimum Gasteiger partial charge on any atom is -0.544 e. The smallest absolute Gasteiger partial charge is 0.321 e. The summed E-state index contributed by atoms with van der Waals surface area (Å²) in [7, 11) is 8.88. The average Bonchev–Trinajstić information content (AvgIpc) is 2.68. The highest BCUT2D eigenvalue weighted by Gasteiger charge is 2.20. The van der Waals surface area contributed by atoms with Gasteiger partial charge in [-0.3, -0.25) is 9.69 Å². The van der Waals surface area contributed by atoms with Crippen molar-refractivity contribution in [2.24, 2.45) is 0 Å². The quantitative estimate of drug-likeness (QED) is 0.458. The van der Waals surface area contributed by atoms with Crippen molar-refractivity contribution in [2.75, 3.05) is 41.8 Å². The minimum absolute atomic E-state index is 0.0694. The van der Waals surface area contributed by atoms with Gasteiger partial charge in [-0.25, -0.2) is 0 Å². The van der Waals surface area contributed by atoms with Crippen molar-refractivity contribution in [3.05, 3.63) is 16.7 Å². The van der Waals surface area contributed by atoms with E-state index < -0.39 is 18.0 Å². The van der Waals surface area contributed by atoms with E-state index in [2.05, 4.69) is 9.97 Å². The van der Waals surface area contributed by atoms with Crippen LogP contribution in [0, 0.1) is 4.77 Å². The first-order chi connectivity index (χ1) is 9.92. The molecule has 0 aliphatic heterocycles. The van der Waals surface area contributed by atoms with Gasteiger partial charge in [0.2, 0.25) is 0 Å². The largest absolute Gasteiger partial charge is 0.544 e. The zero-order valence-electron chi connectivity index (χ0n) is 13.5. The maximum atomic E-state index is 10.9. The maximum Gasteiger partial charge on any atom is 0.321 e. The van der Waals surface area contributed by atoms with E-state index in [0.29, 0.717) is 15.7 Å². The zero-order valence-corrected chi connectivity index (χ0v) is 14.4. The molecule has 1 aromatic rings. The summed E-state index contributed by atoms with van der Waals surface area (Å²) in [6.07, 6.45) is 2.11. The van der Waals surface area contributed by atoms with Gasteiger partial charge in [0.25, 0.3) is 0 Å². The van der Waals surface area contributed by atoms with Crippen LogP contribution in [0.25, 0.3) is 0 Å². The molecule has 1 atom stereocenters. The Balaban J connectivity index is 0.000000472. The second-order valence-electron chi connectivity index (χ2n) is 6.11. The molecule has 1 aromatic heterocycles. The van der Waals surface area contributed by atoms with Gasteiger partial charge in [0.05, 0.1) is 27.1 Å². The number of hydrogen-bond donors (Lipinski definition) is 3. The number of carboxylic acids is 2. The van der Waals surface area contributed by atoms with E-state index in [4.69, 9.17) is 17.3 Å². The molecule has 0 spiro atoms. The Morgan fingerprint density at radius 2 is 1.95 bits per heavy atom. The first-order valence-corrected chi connectivity index (χ1v) is 6.99. The van der Waals surface area contributed by atoms with Crippen molar-refractivity contribution in [1.29, 1.82) is 0 Å². The molecule has 1 unspecified atom stereocenters. The molecule has 22 heavy (non-hydrogen) atoms. The summed E-state index contributed by atoms with van der Waals surface area (Å²) in [5, 5.41) is 18.8. The predicted octanol–water partition coefficient (Wildman–Crippen LogP) is -0.928. The molecule has 9 heteroatoms. The fourth-order valence-electron chi connectivity index (χ4n) is 1.57. The van der Waals surface area contributed by atoms with Crippen LogP contribution in [0.2, 0.25) is 0 Å². The standard InChI is InChI=1S/C8H13N3O2S.C5H11NO2/c1-11(2)6(7(12)13)3-5-4-9-8(14)10-5;1-6(2,3)4-5(7)8/h4,6H,3H2,1-2H3,(H,12,13)(H2,9,10,14);4H2,1-3H3. The van der Waals surface area contributed by atoms with Gasteiger partial charge < -0.3 is 29.5 Å². The van der Waals surface area contributed by atoms with E-state index in [-0.39, 0.29) is 6.54 Å². The molecule has 0 radical (unpaired) electrons. The summed E-state index contributed by atoms with van der Waals surface area (Å²) in [4.78, 5) is 28.1. The van der Waals surface area contributed by atoms with Gasteiger partial charge in [-0.05, 0) is 26.3 Å². The second-order valence-corrected chi connectivity index (χ2v) is 6.52. The summed E-state index contributed by atoms with van der Waals surface area (Å²) < 4.78 is 0.936. The number of H-pyrrole nitrogens is 2. The molecule has 0 aliphatic rings. The molecule has 0 amide bonds. The molecule has 8 nitrogen and oxygen atoms in total. The third-order valence-corrected chi connectivity index (χ3v) is 2.80. The van der Waals surface area contributed by atoms with Crippen LogP contribution in [0.4, 0.5) is 0 Å². The van der Waals surface area contributed by atoms with Crippen LogP contribution in [0.1, 0.15) is 5.69 Å². The monoisotopic (exact) mass is 332 g/mol. The minimum atomic E-state index is -1.00. The van der Waals surface area contributed by atoms with Gasteiger partial charge in [-0.1, -0.05) is 0 Å². The number of carbonyl (C=O) groups excluding carboxylic acids is 1. The van der Waals surface area contributed by atoms with Crippen molar-refractivity contribution in [2.45, 2.75) is 12.5 Å². The third kappa shape index (κ3) is 9.27. The number of carbonyl (C=O) groups is 2. The first kappa shape index (κ1) is 20.3. The highest BCUT2D eigenvalue weighted by Crippen LogP contribution is 2.03. The van der Waals surface area contributed by atoms with Crippen molar-refractivity contribution in [3.63, 3.8) is 0 Å². The normalized spacial score (nSPS) is 12.5. The lowest BCUT2D eigenvalue weighted by Gasteiger charge is -2.23. The lowest BCUT2D eigenvalue weighted by Crippen LogP contribution is -2.45. The van der Waals surface area contributed by atoms with E-state index in [1.807, 2.05) is 0 Å². The van der Waals surface area contributed by atoms with Gasteiger partial charge >= 0.3 is 5.97 Å². The second kappa shape index (κ2) is 8.66. The molecule has 3 N–H and O–H groups in total. The van der Waals surface area contributed by atoms with E-state index in [1.165, 1.54) is 0 Å². The lowest BCUT2D eigenvalue weighted by molar-refractivity contribution is -0.864. The Bertz CT molecular complexity index is 545. The number of rotatable bonds is 6. The van der Waals surface area contributed by atoms with Crippen LogP contribution in [-0.4, -0.2) is 84.2 Å². The summed E-state index contributed by atoms with van der Waals surface area (Å²) >= 11 is 4.84. The van der Waals surface area contributed by atoms with Gasteiger partial charge in [0, 0.05) is 18.3 Å². The summed E-state index contributed by atoms with van der Waals surface area (Å²) in [6.45, 7) is 0.0694. The molecule has 0 saturated heterocycles. The van der Waals surface area contributed by atoms with Gasteiger partial charge in [0.1, 0.15) is 12.6 Å². The number of nitrogens with zero attached hydrogens (tertiary/aromatic N) is 2. The predicted molar refractivity (Wildman–Crippen MR) is 82.7 cm³/mol. The zero-order chi connectivity index (χ0) is 17.5. The van der Waals surface area contributed by atoms with E-state index in [0.717, 1.165) is 5.69 Å². The van der Waals surface area contributed by atoms with Crippen molar-refractivity contribution < 1.29 is 24.3 Å². The lowest BCUT2D eigenvalue weighted by atomic mass is 10.1. The first-order valence-electron chi connectivity index (χ1n) is 6.58. The van der Waals surface area contributed by atoms with E-state index in [9.17, 15) is 14.7 Å². The number of aliphatic carboxylic acids is 2. The van der Waals surface area contributed by atoms with Crippen molar-refractivity contribution in [3.8, 4) is 0 Å². The number of likely N-dealkylation sites (N-methyl/N-ethyl adjacent to an activating group) is 2. The molecule has 0 bridgehead atoms. The highest BCUT2D eigenvalue weighted by molar-refractivity contribution is 7.71. The van der Waals surface area contributed by atoms with Crippen molar-refractivity contribution >= 4 is 24.2 Å². The number of nitrogens with one attached hydrogen (secondary N) is 2. The number of hydrogen-bond acceptors (Lipinski definition) is 5. The molecule has 1 rings (SSSR count). The van der Waals surface area contributed by atoms with Crippen molar-refractivity contribution in [1.82, 2.24) is 14.9 Å². The Kier molecular flexibility index (Phi) is 7.99. The maximum absolute atomic E-state index is 10.9. The molecule has 0 saturated carbocycles. The highest BCUT2D eigenvalue weighted by atomic mass is 32.1. The SMILES string of the molecule is CN(C)C(Cc1c[nH]c(=S)[nH]1)C(=O)O.C[N+](C)(C)CC(=O)[O-]. The fourth-order valence-corrected chi connectivity index (χ4v) is 1.76. The number of quaternary nitrogens is 1. The Labute approximate surface area is 135 Å². The summed E-state index contributed by atoms with van der Waals surface area (Å²) in [6, 6.07) is -0.531. The van der Waals surface area contributed by atoms with E-state index >= 15 is 0 Å². The molecule has 0 fully saturated rings. The molecular weight excluding hydrogens is 308 g/mol. The molecular formula is C13H24N4O4S. The summed E-state index contributed by atoms with van der Waals surface area (Å²) in [5.74, 6) is -1.84. The van der Waals surface area contributed by atoms with Gasteiger partial charge in [0.15, 0.2) is 4.77 Å². The van der Waals surface area contributed by atoms with Crippen LogP contribution in [0.15, 0.2) is 6.20 Å². The fraction of sp³-hybridized carbons (Fsp3) is 0.615. The molecule has 1 heterocycles. The van der Waals surface area contributed by atoms with E-state index in [1.54, 1.807) is 46.3 Å². The number of aromatic amines is 2. The number of imidazole rings is 1. The Morgan fingerprint density at radius 1 is 1.41 bits per heavy atom. The Morgan fingerprint density at radius 3 is 2.18 bits per heavy atom. The van der Waals surface area contributed by atoms with Gasteiger partial charge in [-0.2, -0.15) is 0 Å². The average molecular weight is 332 g/mol. The van der Waals surface area contributed by atoms with Crippen LogP contribution in [0.3, 0.4) is 0 Å². The molecule has 126 valence electrons. The van der Waals surface area contributed by atoms with Crippen LogP contribution < -0.4 is 5.11 Å². The Hall–Kier alpha value is -1.71. The number of carboxylic acid groups (broad SMARTS) is 2. The van der Waals surface area contributed by atoms with Crippen LogP contribution in [0.5, 0.6) is 0 Å². The third-order valence-electron chi connectivity index (χ3n) is 2.58. The number of aromatic nitrogens is 2. The molecule has 0 aliphatic carbocycles.